The maximum atomic E-state index is 8.81. The van der Waals surface area contributed by atoms with Gasteiger partial charge in [0.1, 0.15) is 6.29 Å². The Morgan fingerprint density at radius 1 is 1.36 bits per heavy atom. The van der Waals surface area contributed by atoms with Gasteiger partial charge in [0.15, 0.2) is 0 Å². The molecule has 1 nitrogen and oxygen atoms in total. The Kier molecular flexibility index (Phi) is 13.3. The van der Waals surface area contributed by atoms with Gasteiger partial charge >= 0.3 is 0 Å². The second kappa shape index (κ2) is 11.7. The third kappa shape index (κ3) is 17.6. The standard InChI is InChI=1S/C8H12.C2H4O/c1-4-6-8(3)7-5-2;1-2-3/h4-7H,1H2,2-3H3;2H,1H3/b7-5-,8-6-;. The molecule has 0 atom stereocenters. The van der Waals surface area contributed by atoms with Gasteiger partial charge in [-0.3, -0.25) is 0 Å². The number of allylic oxidation sites excluding steroid dienone is 5. The lowest BCUT2D eigenvalue weighted by Crippen LogP contribution is -1.61. The molecule has 0 aromatic heterocycles. The normalized spacial score (nSPS) is 10.3. The fourth-order valence-corrected chi connectivity index (χ4v) is 0.504. The van der Waals surface area contributed by atoms with E-state index in [9.17, 15) is 0 Å². The number of carbonyl (C=O) groups excluding carboxylic acids is 1. The summed E-state index contributed by atoms with van der Waals surface area (Å²) in [6.45, 7) is 9.06. The lowest BCUT2D eigenvalue weighted by Gasteiger charge is -1.82. The van der Waals surface area contributed by atoms with Crippen LogP contribution < -0.4 is 0 Å². The average Bonchev–Trinajstić information content (AvgIpc) is 1.90. The van der Waals surface area contributed by atoms with E-state index in [0.29, 0.717) is 0 Å². The molecule has 0 radical (unpaired) electrons. The molecule has 0 saturated carbocycles. The van der Waals surface area contributed by atoms with Crippen molar-refractivity contribution in [2.75, 3.05) is 0 Å². The van der Waals surface area contributed by atoms with E-state index in [0.717, 1.165) is 6.29 Å². The molecule has 0 aromatic rings. The molecule has 0 heterocycles. The maximum absolute atomic E-state index is 8.81. The van der Waals surface area contributed by atoms with Crippen molar-refractivity contribution in [2.24, 2.45) is 0 Å². The van der Waals surface area contributed by atoms with E-state index in [1.54, 1.807) is 6.08 Å². The van der Waals surface area contributed by atoms with Crippen molar-refractivity contribution in [3.63, 3.8) is 0 Å². The summed E-state index contributed by atoms with van der Waals surface area (Å²) in [5.74, 6) is 0. The van der Waals surface area contributed by atoms with Crippen molar-refractivity contribution in [2.45, 2.75) is 20.8 Å². The largest absolute Gasteiger partial charge is 0.304 e. The number of hydrogen-bond acceptors (Lipinski definition) is 1. The highest BCUT2D eigenvalue weighted by Gasteiger charge is 1.71. The Bertz CT molecular complexity index is 152. The van der Waals surface area contributed by atoms with Gasteiger partial charge in [0, 0.05) is 0 Å². The molecule has 62 valence electrons. The Balaban J connectivity index is 0. The molecule has 0 aliphatic heterocycles. The van der Waals surface area contributed by atoms with E-state index in [1.807, 2.05) is 32.1 Å². The maximum Gasteiger partial charge on any atom is 0.116 e. The number of aldehydes is 1. The summed E-state index contributed by atoms with van der Waals surface area (Å²) >= 11 is 0. The van der Waals surface area contributed by atoms with Crippen LogP contribution in [0.3, 0.4) is 0 Å². The second-order valence-corrected chi connectivity index (χ2v) is 1.88. The first-order valence-corrected chi connectivity index (χ1v) is 3.54. The molecule has 0 rings (SSSR count). The summed E-state index contributed by atoms with van der Waals surface area (Å²) in [6.07, 6.45) is 8.56. The zero-order valence-electron chi connectivity index (χ0n) is 7.50. The summed E-state index contributed by atoms with van der Waals surface area (Å²) in [7, 11) is 0. The topological polar surface area (TPSA) is 17.1 Å². The molecule has 0 fully saturated rings. The lowest BCUT2D eigenvalue weighted by atomic mass is 10.2. The average molecular weight is 152 g/mol. The van der Waals surface area contributed by atoms with Crippen LogP contribution in [0.4, 0.5) is 0 Å². The molecule has 0 spiro atoms. The Hall–Kier alpha value is -1.11. The first-order valence-electron chi connectivity index (χ1n) is 3.54. The van der Waals surface area contributed by atoms with E-state index in [4.69, 9.17) is 4.79 Å². The smallest absolute Gasteiger partial charge is 0.116 e. The van der Waals surface area contributed by atoms with Crippen LogP contribution in [-0.2, 0) is 4.79 Å². The molecule has 11 heavy (non-hydrogen) atoms. The van der Waals surface area contributed by atoms with Gasteiger partial charge in [-0.15, -0.1) is 0 Å². The highest BCUT2D eigenvalue weighted by atomic mass is 16.1. The summed E-state index contributed by atoms with van der Waals surface area (Å²) in [5.41, 5.74) is 1.24. The molecule has 0 N–H and O–H groups in total. The quantitative estimate of drug-likeness (QED) is 0.439. The molecule has 0 aliphatic carbocycles. The first kappa shape index (κ1) is 12.6. The predicted octanol–water partition coefficient (Wildman–Crippen LogP) is 2.90. The summed E-state index contributed by atoms with van der Waals surface area (Å²) in [4.78, 5) is 8.81. The predicted molar refractivity (Wildman–Crippen MR) is 50.5 cm³/mol. The van der Waals surface area contributed by atoms with Crippen LogP contribution in [0.1, 0.15) is 20.8 Å². The lowest BCUT2D eigenvalue weighted by molar-refractivity contribution is -0.106. The summed E-state index contributed by atoms with van der Waals surface area (Å²) in [6, 6.07) is 0. The SMILES string of the molecule is C=C/C=C(C)\C=C/C.CC=O. The van der Waals surface area contributed by atoms with Crippen molar-refractivity contribution in [3.05, 3.63) is 36.5 Å². The Morgan fingerprint density at radius 3 is 2.09 bits per heavy atom. The zero-order valence-corrected chi connectivity index (χ0v) is 7.50. The van der Waals surface area contributed by atoms with Crippen LogP contribution in [0, 0.1) is 0 Å². The van der Waals surface area contributed by atoms with Crippen molar-refractivity contribution in [3.8, 4) is 0 Å². The van der Waals surface area contributed by atoms with Crippen LogP contribution >= 0.6 is 0 Å². The third-order valence-electron chi connectivity index (χ3n) is 0.810. The molecule has 0 bridgehead atoms. The van der Waals surface area contributed by atoms with Crippen molar-refractivity contribution < 1.29 is 4.79 Å². The number of carbonyl (C=O) groups is 1. The highest BCUT2D eigenvalue weighted by Crippen LogP contribution is 1.92. The van der Waals surface area contributed by atoms with Gasteiger partial charge in [-0.1, -0.05) is 36.5 Å². The highest BCUT2D eigenvalue weighted by molar-refractivity contribution is 5.44. The Morgan fingerprint density at radius 2 is 1.82 bits per heavy atom. The Labute approximate surface area is 69.1 Å². The van der Waals surface area contributed by atoms with E-state index >= 15 is 0 Å². The number of hydrogen-bond donors (Lipinski definition) is 0. The van der Waals surface area contributed by atoms with Gasteiger partial charge in [0.25, 0.3) is 0 Å². The fourth-order valence-electron chi connectivity index (χ4n) is 0.504. The molecule has 0 amide bonds. The number of rotatable bonds is 2. The van der Waals surface area contributed by atoms with Gasteiger partial charge in [0.05, 0.1) is 0 Å². The minimum atomic E-state index is 0.750. The third-order valence-corrected chi connectivity index (χ3v) is 0.810. The first-order chi connectivity index (χ1) is 5.22. The van der Waals surface area contributed by atoms with E-state index < -0.39 is 0 Å². The van der Waals surface area contributed by atoms with Gasteiger partial charge in [-0.2, -0.15) is 0 Å². The van der Waals surface area contributed by atoms with Crippen molar-refractivity contribution in [1.29, 1.82) is 0 Å². The van der Waals surface area contributed by atoms with E-state index in [1.165, 1.54) is 12.5 Å². The van der Waals surface area contributed by atoms with Gasteiger partial charge < -0.3 is 4.79 Å². The van der Waals surface area contributed by atoms with Crippen LogP contribution in [0.2, 0.25) is 0 Å². The van der Waals surface area contributed by atoms with Gasteiger partial charge in [-0.05, 0) is 20.8 Å². The van der Waals surface area contributed by atoms with Crippen LogP contribution in [-0.4, -0.2) is 6.29 Å². The molecule has 0 aliphatic rings. The second-order valence-electron chi connectivity index (χ2n) is 1.88. The molecular formula is C10H16O. The van der Waals surface area contributed by atoms with Crippen LogP contribution in [0.25, 0.3) is 0 Å². The molecule has 0 unspecified atom stereocenters. The van der Waals surface area contributed by atoms with Crippen molar-refractivity contribution in [1.82, 2.24) is 0 Å². The fraction of sp³-hybridized carbons (Fsp3) is 0.300. The van der Waals surface area contributed by atoms with Gasteiger partial charge in [0.2, 0.25) is 0 Å². The molecule has 0 saturated heterocycles. The monoisotopic (exact) mass is 152 g/mol. The molecule has 0 aromatic carbocycles. The summed E-state index contributed by atoms with van der Waals surface area (Å²) < 4.78 is 0. The van der Waals surface area contributed by atoms with Gasteiger partial charge in [-0.25, -0.2) is 0 Å². The summed E-state index contributed by atoms with van der Waals surface area (Å²) in [5, 5.41) is 0. The van der Waals surface area contributed by atoms with E-state index in [2.05, 4.69) is 6.58 Å². The minimum Gasteiger partial charge on any atom is -0.304 e. The molecular weight excluding hydrogens is 136 g/mol. The minimum absolute atomic E-state index is 0.750. The van der Waals surface area contributed by atoms with E-state index in [-0.39, 0.29) is 0 Å². The van der Waals surface area contributed by atoms with Crippen molar-refractivity contribution >= 4 is 6.29 Å². The zero-order chi connectivity index (χ0) is 9.11. The van der Waals surface area contributed by atoms with Crippen LogP contribution in [0.5, 0.6) is 0 Å². The molecule has 1 heteroatoms. The van der Waals surface area contributed by atoms with Crippen LogP contribution in [0.15, 0.2) is 36.5 Å².